The number of hydrogen-bond donors (Lipinski definition) is 0. The highest BCUT2D eigenvalue weighted by Gasteiger charge is 2.14. The number of allylic oxidation sites excluding steroid dienone is 2. The fourth-order valence-corrected chi connectivity index (χ4v) is 2.78. The van der Waals surface area contributed by atoms with Gasteiger partial charge >= 0.3 is 0 Å². The van der Waals surface area contributed by atoms with Crippen LogP contribution in [-0.2, 0) is 7.05 Å². The van der Waals surface area contributed by atoms with E-state index in [0.29, 0.717) is 0 Å². The summed E-state index contributed by atoms with van der Waals surface area (Å²) in [4.78, 5) is 0. The third kappa shape index (κ3) is 2.20. The summed E-state index contributed by atoms with van der Waals surface area (Å²) in [5.74, 6) is 0. The van der Waals surface area contributed by atoms with Gasteiger partial charge in [-0.05, 0) is 37.1 Å². The lowest BCUT2D eigenvalue weighted by atomic mass is 10.0. The molecule has 3 rings (SSSR count). The molecule has 0 radical (unpaired) electrons. The Morgan fingerprint density at radius 1 is 1.00 bits per heavy atom. The van der Waals surface area contributed by atoms with Crippen LogP contribution in [0.2, 0.25) is 0 Å². The first-order valence-corrected chi connectivity index (χ1v) is 7.09. The monoisotopic (exact) mass is 262 g/mol. The van der Waals surface area contributed by atoms with Gasteiger partial charge in [-0.1, -0.05) is 42.0 Å². The second-order valence-electron chi connectivity index (χ2n) is 5.55. The van der Waals surface area contributed by atoms with Crippen molar-refractivity contribution in [3.8, 4) is 11.3 Å². The molecule has 2 aromatic rings. The van der Waals surface area contributed by atoms with Crippen LogP contribution in [0.4, 0.5) is 0 Å². The number of nitrogens with zero attached hydrogens (tertiary/aromatic N) is 1. The molecule has 0 fully saturated rings. The largest absolute Gasteiger partial charge is 0.220 e. The van der Waals surface area contributed by atoms with E-state index in [4.69, 9.17) is 0 Å². The van der Waals surface area contributed by atoms with Crippen molar-refractivity contribution in [3.05, 3.63) is 64.2 Å². The van der Waals surface area contributed by atoms with Crippen LogP contribution in [0, 0.1) is 6.92 Å². The van der Waals surface area contributed by atoms with Gasteiger partial charge in [0, 0.05) is 11.6 Å². The predicted octanol–water partition coefficient (Wildman–Crippen LogP) is 2.40. The minimum absolute atomic E-state index is 1.02. The maximum atomic E-state index is 2.35. The summed E-state index contributed by atoms with van der Waals surface area (Å²) in [7, 11) is 2.13. The molecule has 0 spiro atoms. The maximum Gasteiger partial charge on any atom is 0.220 e. The molecule has 0 bridgehead atoms. The van der Waals surface area contributed by atoms with Gasteiger partial charge in [-0.15, -0.1) is 0 Å². The van der Waals surface area contributed by atoms with Crippen LogP contribution in [0.1, 0.15) is 18.9 Å². The summed E-state index contributed by atoms with van der Waals surface area (Å²) in [5.41, 5.74) is 5.34. The first kappa shape index (κ1) is 12.9. The van der Waals surface area contributed by atoms with Crippen molar-refractivity contribution in [2.45, 2.75) is 20.3 Å². The van der Waals surface area contributed by atoms with Crippen molar-refractivity contribution < 1.29 is 4.57 Å². The quantitative estimate of drug-likeness (QED) is 0.695. The third-order valence-electron chi connectivity index (χ3n) is 3.97. The Labute approximate surface area is 120 Å². The molecule has 20 heavy (non-hydrogen) atoms. The smallest absolute Gasteiger partial charge is 0.200 e. The van der Waals surface area contributed by atoms with Crippen molar-refractivity contribution in [1.82, 2.24) is 0 Å². The van der Waals surface area contributed by atoms with E-state index in [0.717, 1.165) is 6.42 Å². The maximum absolute atomic E-state index is 2.35. The average molecular weight is 262 g/mol. The molecule has 1 aromatic heterocycles. The molecule has 0 N–H and O–H groups in total. The van der Waals surface area contributed by atoms with Gasteiger partial charge in [-0.25, -0.2) is 4.57 Å². The summed E-state index contributed by atoms with van der Waals surface area (Å²) >= 11 is 0. The van der Waals surface area contributed by atoms with Crippen LogP contribution in [0.15, 0.2) is 48.2 Å². The molecule has 0 saturated heterocycles. The van der Waals surface area contributed by atoms with Crippen LogP contribution in [0.5, 0.6) is 0 Å². The molecule has 0 unspecified atom stereocenters. The molecule has 1 aliphatic rings. The second-order valence-corrected chi connectivity index (χ2v) is 5.55. The van der Waals surface area contributed by atoms with Gasteiger partial charge < -0.3 is 0 Å². The number of rotatable bonds is 1. The summed E-state index contributed by atoms with van der Waals surface area (Å²) < 4.78 is 2.23. The standard InChI is InChI=1S/C19H20N/c1-14-8-10-16-12-13-20(3)19(18(16)11-9-14)17-7-5-4-6-15(17)2/h4-8,10-13H,9H2,1-3H3/q+1. The van der Waals surface area contributed by atoms with Gasteiger partial charge in [-0.3, -0.25) is 0 Å². The summed E-state index contributed by atoms with van der Waals surface area (Å²) in [6.45, 7) is 4.37. The number of benzene rings is 1. The molecular formula is C19H20N+. The summed E-state index contributed by atoms with van der Waals surface area (Å²) in [6.07, 6.45) is 9.98. The Kier molecular flexibility index (Phi) is 3.27. The molecule has 0 amide bonds. The van der Waals surface area contributed by atoms with E-state index < -0.39 is 0 Å². The van der Waals surface area contributed by atoms with E-state index in [-0.39, 0.29) is 0 Å². The van der Waals surface area contributed by atoms with Gasteiger partial charge in [0.15, 0.2) is 6.20 Å². The lowest BCUT2D eigenvalue weighted by molar-refractivity contribution is -0.661. The Balaban J connectivity index is 2.38. The van der Waals surface area contributed by atoms with Crippen LogP contribution in [0.3, 0.4) is 0 Å². The van der Waals surface area contributed by atoms with Gasteiger partial charge in [0.2, 0.25) is 5.69 Å². The normalized spacial score (nSPS) is 13.7. The SMILES string of the molecule is CC1=CC=c2cc[n+](C)c(-c3ccccc3C)c2=CC1. The summed E-state index contributed by atoms with van der Waals surface area (Å²) in [5, 5.41) is 2.65. The predicted molar refractivity (Wildman–Crippen MR) is 84.3 cm³/mol. The topological polar surface area (TPSA) is 3.88 Å². The van der Waals surface area contributed by atoms with Crippen LogP contribution >= 0.6 is 0 Å². The zero-order chi connectivity index (χ0) is 14.1. The molecule has 1 heterocycles. The molecule has 1 aliphatic carbocycles. The fourth-order valence-electron chi connectivity index (χ4n) is 2.78. The molecular weight excluding hydrogens is 242 g/mol. The van der Waals surface area contributed by atoms with E-state index in [1.165, 1.54) is 32.8 Å². The Morgan fingerprint density at radius 2 is 1.80 bits per heavy atom. The van der Waals surface area contributed by atoms with Crippen LogP contribution in [-0.4, -0.2) is 0 Å². The highest BCUT2D eigenvalue weighted by Crippen LogP contribution is 2.16. The Morgan fingerprint density at radius 3 is 2.60 bits per heavy atom. The highest BCUT2D eigenvalue weighted by molar-refractivity contribution is 5.64. The first-order valence-electron chi connectivity index (χ1n) is 7.09. The van der Waals surface area contributed by atoms with Gasteiger partial charge in [0.05, 0.1) is 5.22 Å². The minimum atomic E-state index is 1.02. The molecule has 0 saturated carbocycles. The van der Waals surface area contributed by atoms with Crippen LogP contribution < -0.4 is 15.0 Å². The van der Waals surface area contributed by atoms with Gasteiger partial charge in [-0.2, -0.15) is 0 Å². The fraction of sp³-hybridized carbons (Fsp3) is 0.211. The molecule has 0 aliphatic heterocycles. The van der Waals surface area contributed by atoms with Crippen molar-refractivity contribution in [3.63, 3.8) is 0 Å². The zero-order valence-electron chi connectivity index (χ0n) is 12.4. The Bertz CT molecular complexity index is 810. The number of pyridine rings is 1. The number of fused-ring (bicyclic) bond motifs is 1. The van der Waals surface area contributed by atoms with E-state index in [9.17, 15) is 0 Å². The molecule has 1 heteroatoms. The number of aromatic nitrogens is 1. The summed E-state index contributed by atoms with van der Waals surface area (Å²) in [6, 6.07) is 10.8. The van der Waals surface area contributed by atoms with Crippen molar-refractivity contribution in [2.75, 3.05) is 0 Å². The van der Waals surface area contributed by atoms with Crippen molar-refractivity contribution in [2.24, 2.45) is 7.05 Å². The zero-order valence-corrected chi connectivity index (χ0v) is 12.4. The number of aryl methyl sites for hydroxylation is 2. The van der Waals surface area contributed by atoms with Crippen molar-refractivity contribution >= 4 is 12.2 Å². The van der Waals surface area contributed by atoms with E-state index >= 15 is 0 Å². The Hall–Kier alpha value is -2.15. The molecule has 100 valence electrons. The van der Waals surface area contributed by atoms with Crippen LogP contribution in [0.25, 0.3) is 23.4 Å². The van der Waals surface area contributed by atoms with E-state index in [1.807, 2.05) is 0 Å². The molecule has 0 atom stereocenters. The molecule has 1 aromatic carbocycles. The van der Waals surface area contributed by atoms with E-state index in [2.05, 4.69) is 80.2 Å². The van der Waals surface area contributed by atoms with E-state index in [1.54, 1.807) is 0 Å². The highest BCUT2D eigenvalue weighted by atomic mass is 14.9. The average Bonchev–Trinajstić information content (AvgIpc) is 2.63. The molecule has 1 nitrogen and oxygen atoms in total. The number of hydrogen-bond acceptors (Lipinski definition) is 0. The lowest BCUT2D eigenvalue weighted by Crippen LogP contribution is -2.43. The lowest BCUT2D eigenvalue weighted by Gasteiger charge is -2.05. The van der Waals surface area contributed by atoms with Gasteiger partial charge in [0.1, 0.15) is 7.05 Å². The van der Waals surface area contributed by atoms with Crippen molar-refractivity contribution in [1.29, 1.82) is 0 Å². The minimum Gasteiger partial charge on any atom is -0.200 e. The first-order chi connectivity index (χ1) is 9.66. The van der Waals surface area contributed by atoms with Gasteiger partial charge in [0.25, 0.3) is 0 Å². The third-order valence-corrected chi connectivity index (χ3v) is 3.97. The second kappa shape index (κ2) is 5.09.